The van der Waals surface area contributed by atoms with E-state index in [2.05, 4.69) is 15.9 Å². The number of carbonyl (C=O) groups excluding carboxylic acids is 1. The molecule has 2 N–H and O–H groups in total. The third-order valence-electron chi connectivity index (χ3n) is 4.25. The first kappa shape index (κ1) is 18.1. The summed E-state index contributed by atoms with van der Waals surface area (Å²) in [5, 5.41) is 0. The molecule has 128 valence electrons. The number of likely N-dealkylation sites (tertiary alicyclic amines) is 1. The van der Waals surface area contributed by atoms with E-state index in [1.807, 2.05) is 18.7 Å². The highest BCUT2D eigenvalue weighted by Gasteiger charge is 2.27. The second-order valence-electron chi connectivity index (χ2n) is 5.94. The lowest BCUT2D eigenvalue weighted by atomic mass is 9.92. The monoisotopic (exact) mass is 384 g/mol. The van der Waals surface area contributed by atoms with E-state index in [4.69, 9.17) is 15.2 Å². The molecule has 1 saturated heterocycles. The van der Waals surface area contributed by atoms with Crippen molar-refractivity contribution in [3.05, 3.63) is 22.2 Å². The zero-order chi connectivity index (χ0) is 17.0. The molecule has 2 unspecified atom stereocenters. The molecule has 1 aliphatic rings. The topological polar surface area (TPSA) is 64.8 Å². The highest BCUT2D eigenvalue weighted by atomic mass is 79.9. The summed E-state index contributed by atoms with van der Waals surface area (Å²) in [5.41, 5.74) is 6.61. The van der Waals surface area contributed by atoms with Crippen molar-refractivity contribution in [3.8, 4) is 11.5 Å². The van der Waals surface area contributed by atoms with Crippen molar-refractivity contribution in [1.82, 2.24) is 4.90 Å². The highest BCUT2D eigenvalue weighted by molar-refractivity contribution is 9.10. The average molecular weight is 385 g/mol. The van der Waals surface area contributed by atoms with E-state index in [1.165, 1.54) is 0 Å². The number of piperidine rings is 1. The summed E-state index contributed by atoms with van der Waals surface area (Å²) in [7, 11) is 1.57. The average Bonchev–Trinajstić information content (AvgIpc) is 2.56. The number of halogens is 1. The van der Waals surface area contributed by atoms with Gasteiger partial charge in [-0.25, -0.2) is 0 Å². The van der Waals surface area contributed by atoms with Crippen LogP contribution in [-0.4, -0.2) is 43.7 Å². The predicted octanol–water partition coefficient (Wildman–Crippen LogP) is 3.06. The fourth-order valence-corrected chi connectivity index (χ4v) is 3.49. The summed E-state index contributed by atoms with van der Waals surface area (Å²) in [5.74, 6) is 1.56. The molecule has 1 aromatic rings. The van der Waals surface area contributed by atoms with Crippen molar-refractivity contribution in [2.24, 2.45) is 11.7 Å². The second-order valence-corrected chi connectivity index (χ2v) is 6.79. The lowest BCUT2D eigenvalue weighted by molar-refractivity contribution is 0.0660. The molecule has 0 radical (unpaired) electrons. The molecule has 0 aromatic heterocycles. The van der Waals surface area contributed by atoms with Crippen molar-refractivity contribution in [1.29, 1.82) is 0 Å². The van der Waals surface area contributed by atoms with Gasteiger partial charge in [-0.05, 0) is 60.7 Å². The molecule has 1 aliphatic heterocycles. The molecule has 23 heavy (non-hydrogen) atoms. The first-order valence-electron chi connectivity index (χ1n) is 8.03. The molecule has 0 spiro atoms. The van der Waals surface area contributed by atoms with Gasteiger partial charge in [0.15, 0.2) is 11.5 Å². The molecular formula is C17H25BrN2O3. The molecule has 1 amide bonds. The number of rotatable bonds is 5. The third kappa shape index (κ3) is 4.18. The van der Waals surface area contributed by atoms with Crippen LogP contribution in [0.3, 0.4) is 0 Å². The molecule has 2 rings (SSSR count). The minimum atomic E-state index is 0.0115. The molecule has 6 heteroatoms. The van der Waals surface area contributed by atoms with Gasteiger partial charge >= 0.3 is 0 Å². The van der Waals surface area contributed by atoms with E-state index in [0.717, 1.165) is 23.9 Å². The van der Waals surface area contributed by atoms with Crippen molar-refractivity contribution >= 4 is 21.8 Å². The lowest BCUT2D eigenvalue weighted by Gasteiger charge is -2.34. The molecule has 0 bridgehead atoms. The smallest absolute Gasteiger partial charge is 0.254 e. The second kappa shape index (κ2) is 8.02. The number of hydrogen-bond acceptors (Lipinski definition) is 4. The number of nitrogens with two attached hydrogens (primary N) is 1. The van der Waals surface area contributed by atoms with Crippen LogP contribution >= 0.6 is 15.9 Å². The molecule has 0 aliphatic carbocycles. The summed E-state index contributed by atoms with van der Waals surface area (Å²) in [6.45, 7) is 5.94. The van der Waals surface area contributed by atoms with Crippen LogP contribution in [0.1, 0.15) is 37.0 Å². The molecule has 1 heterocycles. The van der Waals surface area contributed by atoms with Gasteiger partial charge in [0.1, 0.15) is 0 Å². The SMILES string of the molecule is CCOc1c(Br)cc(C(=O)N2CCCC(C(C)N)C2)cc1OC. The van der Waals surface area contributed by atoms with Gasteiger partial charge in [0.05, 0.1) is 18.2 Å². The maximum atomic E-state index is 12.8. The zero-order valence-corrected chi connectivity index (χ0v) is 15.6. The molecule has 1 aromatic carbocycles. The van der Waals surface area contributed by atoms with Gasteiger partial charge in [-0.2, -0.15) is 0 Å². The van der Waals surface area contributed by atoms with Crippen LogP contribution in [0.4, 0.5) is 0 Å². The standard InChI is InChI=1S/C17H25BrN2O3/c1-4-23-16-14(18)8-13(9-15(16)22-3)17(21)20-7-5-6-12(10-20)11(2)19/h8-9,11-12H,4-7,10,19H2,1-3H3. The Bertz CT molecular complexity index is 563. The Morgan fingerprint density at radius 1 is 1.52 bits per heavy atom. The number of hydrogen-bond donors (Lipinski definition) is 1. The van der Waals surface area contributed by atoms with Crippen LogP contribution < -0.4 is 15.2 Å². The third-order valence-corrected chi connectivity index (χ3v) is 4.84. The van der Waals surface area contributed by atoms with E-state index in [9.17, 15) is 4.79 Å². The van der Waals surface area contributed by atoms with Gasteiger partial charge in [0, 0.05) is 24.7 Å². The van der Waals surface area contributed by atoms with Crippen LogP contribution in [0, 0.1) is 5.92 Å². The van der Waals surface area contributed by atoms with Gasteiger partial charge in [-0.1, -0.05) is 0 Å². The van der Waals surface area contributed by atoms with Gasteiger partial charge in [0.25, 0.3) is 5.91 Å². The summed E-state index contributed by atoms with van der Waals surface area (Å²) < 4.78 is 11.7. The summed E-state index contributed by atoms with van der Waals surface area (Å²) in [6.07, 6.45) is 2.07. The molecule has 2 atom stereocenters. The molecular weight excluding hydrogens is 360 g/mol. The minimum absolute atomic E-state index is 0.0115. The first-order chi connectivity index (χ1) is 11.0. The summed E-state index contributed by atoms with van der Waals surface area (Å²) >= 11 is 3.47. The number of carbonyl (C=O) groups is 1. The number of nitrogens with zero attached hydrogens (tertiary/aromatic N) is 1. The fraction of sp³-hybridized carbons (Fsp3) is 0.588. The van der Waals surface area contributed by atoms with Gasteiger partial charge in [0.2, 0.25) is 0 Å². The largest absolute Gasteiger partial charge is 0.493 e. The molecule has 0 saturated carbocycles. The van der Waals surface area contributed by atoms with Crippen molar-refractivity contribution in [3.63, 3.8) is 0 Å². The van der Waals surface area contributed by atoms with Crippen molar-refractivity contribution in [2.45, 2.75) is 32.7 Å². The highest BCUT2D eigenvalue weighted by Crippen LogP contribution is 2.37. The van der Waals surface area contributed by atoms with E-state index < -0.39 is 0 Å². The maximum Gasteiger partial charge on any atom is 0.254 e. The van der Waals surface area contributed by atoms with E-state index in [1.54, 1.807) is 19.2 Å². The number of methoxy groups -OCH3 is 1. The van der Waals surface area contributed by atoms with E-state index in [-0.39, 0.29) is 11.9 Å². The number of ether oxygens (including phenoxy) is 2. The van der Waals surface area contributed by atoms with Gasteiger partial charge in [-0.3, -0.25) is 4.79 Å². The zero-order valence-electron chi connectivity index (χ0n) is 14.0. The van der Waals surface area contributed by atoms with Crippen LogP contribution in [0.2, 0.25) is 0 Å². The lowest BCUT2D eigenvalue weighted by Crippen LogP contribution is -2.45. The summed E-state index contributed by atoms with van der Waals surface area (Å²) in [6, 6.07) is 3.64. The van der Waals surface area contributed by atoms with Crippen LogP contribution in [0.5, 0.6) is 11.5 Å². The number of amides is 1. The Morgan fingerprint density at radius 3 is 2.87 bits per heavy atom. The van der Waals surface area contributed by atoms with E-state index >= 15 is 0 Å². The number of benzene rings is 1. The molecule has 1 fully saturated rings. The molecule has 5 nitrogen and oxygen atoms in total. The van der Waals surface area contributed by atoms with Crippen molar-refractivity contribution in [2.75, 3.05) is 26.8 Å². The van der Waals surface area contributed by atoms with E-state index in [0.29, 0.717) is 36.1 Å². The Kier molecular flexibility index (Phi) is 6.30. The maximum absolute atomic E-state index is 12.8. The summed E-state index contributed by atoms with van der Waals surface area (Å²) in [4.78, 5) is 14.7. The van der Waals surface area contributed by atoms with Crippen LogP contribution in [0.15, 0.2) is 16.6 Å². The Hall–Kier alpha value is -1.27. The van der Waals surface area contributed by atoms with Gasteiger partial charge in [-0.15, -0.1) is 0 Å². The Balaban J connectivity index is 2.23. The van der Waals surface area contributed by atoms with Gasteiger partial charge < -0.3 is 20.1 Å². The Morgan fingerprint density at radius 2 is 2.26 bits per heavy atom. The first-order valence-corrected chi connectivity index (χ1v) is 8.82. The fourth-order valence-electron chi connectivity index (χ4n) is 2.93. The predicted molar refractivity (Wildman–Crippen MR) is 94.1 cm³/mol. The minimum Gasteiger partial charge on any atom is -0.493 e. The van der Waals surface area contributed by atoms with Crippen LogP contribution in [-0.2, 0) is 0 Å². The van der Waals surface area contributed by atoms with Crippen LogP contribution in [0.25, 0.3) is 0 Å². The Labute approximate surface area is 146 Å². The van der Waals surface area contributed by atoms with Crippen molar-refractivity contribution < 1.29 is 14.3 Å². The quantitative estimate of drug-likeness (QED) is 0.846. The normalized spacial score (nSPS) is 19.3.